The van der Waals surface area contributed by atoms with Crippen molar-refractivity contribution in [1.29, 1.82) is 0 Å². The zero-order valence-electron chi connectivity index (χ0n) is 8.55. The smallest absolute Gasteiger partial charge is 0.148 e. The van der Waals surface area contributed by atoms with E-state index in [1.807, 2.05) is 18.7 Å². The first kappa shape index (κ1) is 10.6. The van der Waals surface area contributed by atoms with Crippen LogP contribution < -0.4 is 16.4 Å². The molecule has 0 amide bonds. The molecule has 4 N–H and O–H groups in total. The average molecular weight is 197 g/mol. The van der Waals surface area contributed by atoms with Crippen molar-refractivity contribution in [3.63, 3.8) is 0 Å². The van der Waals surface area contributed by atoms with Crippen LogP contribution in [0.5, 0.6) is 0 Å². The second kappa shape index (κ2) is 4.17. The van der Waals surface area contributed by atoms with Gasteiger partial charge in [0, 0.05) is 13.1 Å². The second-order valence-corrected chi connectivity index (χ2v) is 3.07. The lowest BCUT2D eigenvalue weighted by molar-refractivity contribution is 0.633. The highest BCUT2D eigenvalue weighted by Crippen LogP contribution is 2.30. The zero-order chi connectivity index (χ0) is 10.7. The molecule has 1 rings (SSSR count). The molecule has 1 aromatic rings. The molecule has 14 heavy (non-hydrogen) atoms. The molecule has 0 unspecified atom stereocenters. The summed E-state index contributed by atoms with van der Waals surface area (Å²) in [7, 11) is 0. The van der Waals surface area contributed by atoms with Gasteiger partial charge in [-0.3, -0.25) is 0 Å². The van der Waals surface area contributed by atoms with Gasteiger partial charge in [-0.1, -0.05) is 0 Å². The van der Waals surface area contributed by atoms with E-state index in [1.54, 1.807) is 6.07 Å². The van der Waals surface area contributed by atoms with Gasteiger partial charge in [0.2, 0.25) is 0 Å². The Morgan fingerprint density at radius 3 is 2.21 bits per heavy atom. The van der Waals surface area contributed by atoms with Gasteiger partial charge in [0.05, 0.1) is 17.1 Å². The topological polar surface area (TPSA) is 55.3 Å². The minimum Gasteiger partial charge on any atom is -0.395 e. The molecule has 0 saturated carbocycles. The fourth-order valence-corrected chi connectivity index (χ4v) is 1.44. The predicted molar refractivity (Wildman–Crippen MR) is 58.8 cm³/mol. The molecule has 3 nitrogen and oxygen atoms in total. The summed E-state index contributed by atoms with van der Waals surface area (Å²) in [4.78, 5) is 2.03. The van der Waals surface area contributed by atoms with Crippen molar-refractivity contribution in [2.75, 3.05) is 29.5 Å². The van der Waals surface area contributed by atoms with Crippen LogP contribution in [0.1, 0.15) is 13.8 Å². The minimum atomic E-state index is -0.460. The SMILES string of the molecule is CCN(CC)c1ccc(F)c(N)c1N. The van der Waals surface area contributed by atoms with Crippen LogP contribution >= 0.6 is 0 Å². The van der Waals surface area contributed by atoms with Crippen LogP contribution in [0.2, 0.25) is 0 Å². The van der Waals surface area contributed by atoms with Crippen LogP contribution in [-0.4, -0.2) is 13.1 Å². The Morgan fingerprint density at radius 1 is 1.14 bits per heavy atom. The highest BCUT2D eigenvalue weighted by atomic mass is 19.1. The Labute approximate surface area is 83.5 Å². The average Bonchev–Trinajstić information content (AvgIpc) is 2.19. The van der Waals surface area contributed by atoms with E-state index in [9.17, 15) is 4.39 Å². The summed E-state index contributed by atoms with van der Waals surface area (Å²) in [5, 5.41) is 0. The molecule has 0 saturated heterocycles. The number of anilines is 3. The van der Waals surface area contributed by atoms with E-state index in [4.69, 9.17) is 11.5 Å². The predicted octanol–water partition coefficient (Wildman–Crippen LogP) is 1.84. The molecule has 0 aliphatic heterocycles. The second-order valence-electron chi connectivity index (χ2n) is 3.07. The summed E-state index contributed by atoms with van der Waals surface area (Å²) in [5.41, 5.74) is 12.4. The first-order valence-electron chi connectivity index (χ1n) is 4.70. The third kappa shape index (κ3) is 1.73. The number of nitrogens with zero attached hydrogens (tertiary/aromatic N) is 1. The van der Waals surface area contributed by atoms with Crippen molar-refractivity contribution >= 4 is 17.1 Å². The van der Waals surface area contributed by atoms with E-state index < -0.39 is 5.82 Å². The number of hydrogen-bond donors (Lipinski definition) is 2. The number of halogens is 1. The highest BCUT2D eigenvalue weighted by Gasteiger charge is 2.11. The first-order chi connectivity index (χ1) is 6.61. The lowest BCUT2D eigenvalue weighted by Gasteiger charge is -2.23. The van der Waals surface area contributed by atoms with Gasteiger partial charge < -0.3 is 16.4 Å². The van der Waals surface area contributed by atoms with Gasteiger partial charge in [-0.15, -0.1) is 0 Å². The molecule has 0 fully saturated rings. The van der Waals surface area contributed by atoms with Crippen LogP contribution in [-0.2, 0) is 0 Å². The lowest BCUT2D eigenvalue weighted by Crippen LogP contribution is -2.23. The van der Waals surface area contributed by atoms with E-state index in [-0.39, 0.29) is 5.69 Å². The number of nitrogen functional groups attached to an aromatic ring is 2. The molecular formula is C10H16FN3. The quantitative estimate of drug-likeness (QED) is 0.727. The fraction of sp³-hybridized carbons (Fsp3) is 0.400. The third-order valence-corrected chi connectivity index (χ3v) is 2.32. The molecule has 0 bridgehead atoms. The van der Waals surface area contributed by atoms with Crippen molar-refractivity contribution in [3.8, 4) is 0 Å². The first-order valence-corrected chi connectivity index (χ1v) is 4.70. The number of hydrogen-bond acceptors (Lipinski definition) is 3. The van der Waals surface area contributed by atoms with Crippen molar-refractivity contribution in [3.05, 3.63) is 17.9 Å². The summed E-state index contributed by atoms with van der Waals surface area (Å²) in [5.74, 6) is -0.460. The van der Waals surface area contributed by atoms with Gasteiger partial charge in [-0.05, 0) is 26.0 Å². The molecule has 1 aromatic carbocycles. The lowest BCUT2D eigenvalue weighted by atomic mass is 10.2. The normalized spacial score (nSPS) is 10.2. The molecule has 0 heterocycles. The number of rotatable bonds is 3. The largest absolute Gasteiger partial charge is 0.395 e. The van der Waals surface area contributed by atoms with Gasteiger partial charge in [-0.2, -0.15) is 0 Å². The minimum absolute atomic E-state index is 0.0365. The summed E-state index contributed by atoms with van der Waals surface area (Å²) in [6.45, 7) is 5.68. The Hall–Kier alpha value is -1.45. The Kier molecular flexibility index (Phi) is 3.17. The van der Waals surface area contributed by atoms with Crippen LogP contribution in [0.25, 0.3) is 0 Å². The van der Waals surface area contributed by atoms with Gasteiger partial charge >= 0.3 is 0 Å². The van der Waals surface area contributed by atoms with Gasteiger partial charge in [0.1, 0.15) is 5.82 Å². The van der Waals surface area contributed by atoms with Crippen molar-refractivity contribution < 1.29 is 4.39 Å². The van der Waals surface area contributed by atoms with Crippen LogP contribution in [0, 0.1) is 5.82 Å². The maximum absolute atomic E-state index is 13.0. The molecule has 0 aliphatic carbocycles. The van der Waals surface area contributed by atoms with E-state index in [2.05, 4.69) is 0 Å². The van der Waals surface area contributed by atoms with E-state index in [0.29, 0.717) is 5.69 Å². The molecular weight excluding hydrogens is 181 g/mol. The standard InChI is InChI=1S/C10H16FN3/c1-3-14(4-2)8-6-5-7(11)9(12)10(8)13/h5-6H,3-4,12-13H2,1-2H3. The summed E-state index contributed by atoms with van der Waals surface area (Å²) in [6.07, 6.45) is 0. The van der Waals surface area contributed by atoms with Crippen molar-refractivity contribution in [2.45, 2.75) is 13.8 Å². The van der Waals surface area contributed by atoms with E-state index in [0.717, 1.165) is 18.8 Å². The molecule has 0 spiro atoms. The van der Waals surface area contributed by atoms with Gasteiger partial charge in [0.25, 0.3) is 0 Å². The molecule has 0 aliphatic rings. The summed E-state index contributed by atoms with van der Waals surface area (Å²) in [6, 6.07) is 3.01. The van der Waals surface area contributed by atoms with Gasteiger partial charge in [-0.25, -0.2) is 4.39 Å². The Morgan fingerprint density at radius 2 is 1.71 bits per heavy atom. The zero-order valence-corrected chi connectivity index (χ0v) is 8.55. The monoisotopic (exact) mass is 197 g/mol. The van der Waals surface area contributed by atoms with Crippen LogP contribution in [0.3, 0.4) is 0 Å². The van der Waals surface area contributed by atoms with Crippen LogP contribution in [0.15, 0.2) is 12.1 Å². The van der Waals surface area contributed by atoms with Gasteiger partial charge in [0.15, 0.2) is 0 Å². The number of nitrogens with two attached hydrogens (primary N) is 2. The molecule has 78 valence electrons. The fourth-order valence-electron chi connectivity index (χ4n) is 1.44. The van der Waals surface area contributed by atoms with Crippen molar-refractivity contribution in [1.82, 2.24) is 0 Å². The maximum atomic E-state index is 13.0. The summed E-state index contributed by atoms with van der Waals surface area (Å²) < 4.78 is 13.0. The molecule has 0 radical (unpaired) electrons. The van der Waals surface area contributed by atoms with Crippen molar-refractivity contribution in [2.24, 2.45) is 0 Å². The summed E-state index contributed by atoms with van der Waals surface area (Å²) >= 11 is 0. The maximum Gasteiger partial charge on any atom is 0.148 e. The molecule has 0 aromatic heterocycles. The molecule has 0 atom stereocenters. The third-order valence-electron chi connectivity index (χ3n) is 2.32. The number of benzene rings is 1. The Balaban J connectivity index is 3.16. The van der Waals surface area contributed by atoms with E-state index >= 15 is 0 Å². The highest BCUT2D eigenvalue weighted by molar-refractivity contribution is 5.79. The van der Waals surface area contributed by atoms with Crippen LogP contribution in [0.4, 0.5) is 21.5 Å². The van der Waals surface area contributed by atoms with E-state index in [1.165, 1.54) is 6.07 Å². The Bertz CT molecular complexity index is 321. The molecule has 4 heteroatoms.